The number of aromatic nitrogens is 2. The van der Waals surface area contributed by atoms with Crippen LogP contribution in [0.2, 0.25) is 0 Å². The van der Waals surface area contributed by atoms with Crippen molar-refractivity contribution in [1.82, 2.24) is 15.3 Å². The number of amides is 1. The van der Waals surface area contributed by atoms with E-state index in [1.54, 1.807) is 37.8 Å². The van der Waals surface area contributed by atoms with Crippen LogP contribution in [-0.4, -0.2) is 23.0 Å². The third-order valence-electron chi connectivity index (χ3n) is 2.41. The first kappa shape index (κ1) is 12.6. The average molecular weight is 310 g/mol. The van der Waals surface area contributed by atoms with Gasteiger partial charge in [-0.1, -0.05) is 0 Å². The van der Waals surface area contributed by atoms with E-state index in [0.717, 1.165) is 10.2 Å². The predicted octanol–water partition coefficient (Wildman–Crippen LogP) is 2.11. The van der Waals surface area contributed by atoms with Gasteiger partial charge in [0.2, 0.25) is 0 Å². The summed E-state index contributed by atoms with van der Waals surface area (Å²) in [6.45, 7) is 0.419. The summed E-state index contributed by atoms with van der Waals surface area (Å²) in [4.78, 5) is 18.7. The second-order valence-corrected chi connectivity index (χ2v) is 4.46. The number of nitrogens with one attached hydrogen (secondary N) is 2. The van der Waals surface area contributed by atoms with Gasteiger partial charge in [-0.3, -0.25) is 4.79 Å². The Morgan fingerprint density at radius 1 is 1.56 bits per heavy atom. The fraction of sp³-hybridized carbons (Fsp3) is 0.167. The lowest BCUT2D eigenvalue weighted by molar-refractivity contribution is 0.0950. The minimum Gasteiger partial charge on any atom is -0.496 e. The molecular formula is C12H12BrN3O2. The molecule has 1 aromatic heterocycles. The van der Waals surface area contributed by atoms with Gasteiger partial charge in [-0.15, -0.1) is 0 Å². The highest BCUT2D eigenvalue weighted by molar-refractivity contribution is 9.10. The lowest BCUT2D eigenvalue weighted by Gasteiger charge is -2.07. The highest BCUT2D eigenvalue weighted by Crippen LogP contribution is 2.25. The van der Waals surface area contributed by atoms with Crippen LogP contribution in [0.1, 0.15) is 16.1 Å². The molecule has 0 saturated carbocycles. The summed E-state index contributed by atoms with van der Waals surface area (Å²) in [6, 6.07) is 5.18. The molecular weight excluding hydrogens is 298 g/mol. The molecule has 0 saturated heterocycles. The van der Waals surface area contributed by atoms with E-state index in [9.17, 15) is 4.79 Å². The number of carbonyl (C=O) groups excluding carboxylic acids is 1. The standard InChI is InChI=1S/C12H12BrN3O2/c1-18-11-3-2-8(4-10(11)13)12(17)15-6-9-5-14-7-16-9/h2-5,7H,6H2,1H3,(H,14,16)(H,15,17). The first-order chi connectivity index (χ1) is 8.70. The summed E-state index contributed by atoms with van der Waals surface area (Å²) in [6.07, 6.45) is 3.25. The second kappa shape index (κ2) is 5.68. The van der Waals surface area contributed by atoms with Gasteiger partial charge in [0, 0.05) is 11.8 Å². The number of aromatic amines is 1. The first-order valence-corrected chi connectivity index (χ1v) is 6.09. The summed E-state index contributed by atoms with van der Waals surface area (Å²) in [7, 11) is 1.58. The van der Waals surface area contributed by atoms with Crippen LogP contribution in [0.15, 0.2) is 35.2 Å². The largest absolute Gasteiger partial charge is 0.496 e. The molecule has 6 heteroatoms. The number of H-pyrrole nitrogens is 1. The number of hydrogen-bond donors (Lipinski definition) is 2. The van der Waals surface area contributed by atoms with E-state index in [2.05, 4.69) is 31.2 Å². The fourth-order valence-electron chi connectivity index (χ4n) is 1.47. The fourth-order valence-corrected chi connectivity index (χ4v) is 2.01. The summed E-state index contributed by atoms with van der Waals surface area (Å²) >= 11 is 3.34. The molecule has 0 aliphatic rings. The van der Waals surface area contributed by atoms with Crippen molar-refractivity contribution in [2.75, 3.05) is 7.11 Å². The molecule has 1 heterocycles. The zero-order valence-corrected chi connectivity index (χ0v) is 11.3. The third kappa shape index (κ3) is 2.89. The van der Waals surface area contributed by atoms with Crippen LogP contribution < -0.4 is 10.1 Å². The topological polar surface area (TPSA) is 67.0 Å². The summed E-state index contributed by atoms with van der Waals surface area (Å²) in [5.74, 6) is 0.549. The van der Waals surface area contributed by atoms with Gasteiger partial charge in [0.25, 0.3) is 5.91 Å². The Labute approximate surface area is 113 Å². The number of rotatable bonds is 4. The van der Waals surface area contributed by atoms with Gasteiger partial charge in [0.1, 0.15) is 5.75 Å². The minimum atomic E-state index is -0.145. The molecule has 0 unspecified atom stereocenters. The van der Waals surface area contributed by atoms with E-state index < -0.39 is 0 Å². The number of imidazole rings is 1. The molecule has 0 fully saturated rings. The minimum absolute atomic E-state index is 0.145. The Hall–Kier alpha value is -1.82. The first-order valence-electron chi connectivity index (χ1n) is 5.29. The number of benzene rings is 1. The lowest BCUT2D eigenvalue weighted by Crippen LogP contribution is -2.22. The van der Waals surface area contributed by atoms with E-state index in [0.29, 0.717) is 17.9 Å². The molecule has 0 bridgehead atoms. The van der Waals surface area contributed by atoms with Crippen molar-refractivity contribution >= 4 is 21.8 Å². The highest BCUT2D eigenvalue weighted by atomic mass is 79.9. The number of nitrogens with zero attached hydrogens (tertiary/aromatic N) is 1. The maximum absolute atomic E-state index is 11.9. The van der Waals surface area contributed by atoms with E-state index in [4.69, 9.17) is 4.74 Å². The quantitative estimate of drug-likeness (QED) is 0.909. The molecule has 18 heavy (non-hydrogen) atoms. The Bertz CT molecular complexity index is 540. The van der Waals surface area contributed by atoms with Gasteiger partial charge in [-0.05, 0) is 34.1 Å². The van der Waals surface area contributed by atoms with Crippen LogP contribution in [-0.2, 0) is 6.54 Å². The lowest BCUT2D eigenvalue weighted by atomic mass is 10.2. The zero-order chi connectivity index (χ0) is 13.0. The summed E-state index contributed by atoms with van der Waals surface area (Å²) < 4.78 is 5.86. The normalized spacial score (nSPS) is 10.1. The van der Waals surface area contributed by atoms with Gasteiger partial charge in [0.15, 0.2) is 0 Å². The molecule has 0 spiro atoms. The number of hydrogen-bond acceptors (Lipinski definition) is 3. The number of carbonyl (C=O) groups is 1. The van der Waals surface area contributed by atoms with E-state index in [1.807, 2.05) is 0 Å². The van der Waals surface area contributed by atoms with Crippen molar-refractivity contribution in [3.05, 3.63) is 46.5 Å². The van der Waals surface area contributed by atoms with Crippen LogP contribution in [0.25, 0.3) is 0 Å². The molecule has 1 amide bonds. The maximum atomic E-state index is 11.9. The SMILES string of the molecule is COc1ccc(C(=O)NCc2cnc[nH]2)cc1Br. The van der Waals surface area contributed by atoms with E-state index in [-0.39, 0.29) is 5.91 Å². The van der Waals surface area contributed by atoms with Crippen molar-refractivity contribution in [3.63, 3.8) is 0 Å². The molecule has 94 valence electrons. The second-order valence-electron chi connectivity index (χ2n) is 3.61. The third-order valence-corrected chi connectivity index (χ3v) is 3.03. The smallest absolute Gasteiger partial charge is 0.251 e. The van der Waals surface area contributed by atoms with Gasteiger partial charge in [-0.25, -0.2) is 4.98 Å². The maximum Gasteiger partial charge on any atom is 0.251 e. The average Bonchev–Trinajstić information content (AvgIpc) is 2.89. The van der Waals surface area contributed by atoms with Crippen molar-refractivity contribution in [3.8, 4) is 5.75 Å². The Morgan fingerprint density at radius 3 is 3.00 bits per heavy atom. The van der Waals surface area contributed by atoms with Gasteiger partial charge < -0.3 is 15.0 Å². The monoisotopic (exact) mass is 309 g/mol. The van der Waals surface area contributed by atoms with E-state index in [1.165, 1.54) is 0 Å². The van der Waals surface area contributed by atoms with Crippen LogP contribution in [0.5, 0.6) is 5.75 Å². The highest BCUT2D eigenvalue weighted by Gasteiger charge is 2.08. The van der Waals surface area contributed by atoms with Crippen LogP contribution in [0, 0.1) is 0 Å². The Balaban J connectivity index is 2.02. The van der Waals surface area contributed by atoms with Crippen molar-refractivity contribution in [1.29, 1.82) is 0 Å². The predicted molar refractivity (Wildman–Crippen MR) is 70.5 cm³/mol. The number of halogens is 1. The molecule has 1 aromatic carbocycles. The van der Waals surface area contributed by atoms with Crippen LogP contribution in [0.4, 0.5) is 0 Å². The van der Waals surface area contributed by atoms with Gasteiger partial charge >= 0.3 is 0 Å². The molecule has 2 rings (SSSR count). The zero-order valence-electron chi connectivity index (χ0n) is 9.74. The van der Waals surface area contributed by atoms with Crippen molar-refractivity contribution < 1.29 is 9.53 Å². The Morgan fingerprint density at radius 2 is 2.39 bits per heavy atom. The molecule has 2 N–H and O–H groups in total. The number of ether oxygens (including phenoxy) is 1. The van der Waals surface area contributed by atoms with Crippen LogP contribution >= 0.6 is 15.9 Å². The van der Waals surface area contributed by atoms with Crippen LogP contribution in [0.3, 0.4) is 0 Å². The Kier molecular flexibility index (Phi) is 3.99. The van der Waals surface area contributed by atoms with Crippen molar-refractivity contribution in [2.45, 2.75) is 6.54 Å². The molecule has 2 aromatic rings. The molecule has 0 aliphatic heterocycles. The van der Waals surface area contributed by atoms with Gasteiger partial charge in [0.05, 0.1) is 30.1 Å². The van der Waals surface area contributed by atoms with E-state index >= 15 is 0 Å². The number of methoxy groups -OCH3 is 1. The van der Waals surface area contributed by atoms with Gasteiger partial charge in [-0.2, -0.15) is 0 Å². The molecule has 0 aliphatic carbocycles. The van der Waals surface area contributed by atoms with Crippen molar-refractivity contribution in [2.24, 2.45) is 0 Å². The summed E-state index contributed by atoms with van der Waals surface area (Å²) in [5, 5.41) is 2.79. The molecule has 5 nitrogen and oxygen atoms in total. The summed E-state index contributed by atoms with van der Waals surface area (Å²) in [5.41, 5.74) is 1.43. The molecule has 0 atom stereocenters. The molecule has 0 radical (unpaired) electrons.